The number of aliphatic hydroxyl groups excluding tert-OH is 1. The van der Waals surface area contributed by atoms with Gasteiger partial charge in [-0.15, -0.1) is 0 Å². The monoisotopic (exact) mass is 229 g/mol. The van der Waals surface area contributed by atoms with Crippen molar-refractivity contribution in [3.63, 3.8) is 0 Å². The highest BCUT2D eigenvalue weighted by Crippen LogP contribution is 2.20. The summed E-state index contributed by atoms with van der Waals surface area (Å²) >= 11 is 0. The molecule has 1 aliphatic heterocycles. The molecule has 0 spiro atoms. The summed E-state index contributed by atoms with van der Waals surface area (Å²) in [5.74, 6) is 0. The molecule has 3 heteroatoms. The molecule has 1 aromatic rings. The summed E-state index contributed by atoms with van der Waals surface area (Å²) in [7, 11) is 0. The maximum absolute atomic E-state index is 9.01. The minimum absolute atomic E-state index is 0.497. The molecule has 0 fully saturated rings. The summed E-state index contributed by atoms with van der Waals surface area (Å²) in [4.78, 5) is 0. The fraction of sp³-hybridized carbons (Fsp3) is 0.143. The van der Waals surface area contributed by atoms with Crippen molar-refractivity contribution in [2.75, 3.05) is 0 Å². The Bertz CT molecular complexity index is 481. The van der Waals surface area contributed by atoms with Crippen molar-refractivity contribution >= 4 is 5.57 Å². The van der Waals surface area contributed by atoms with Gasteiger partial charge in [-0.1, -0.05) is 30.3 Å². The van der Waals surface area contributed by atoms with Crippen LogP contribution in [0.5, 0.6) is 0 Å². The highest BCUT2D eigenvalue weighted by molar-refractivity contribution is 5.75. The van der Waals surface area contributed by atoms with Crippen LogP contribution in [-0.2, 0) is 0 Å². The third kappa shape index (κ3) is 2.84. The second-order valence-corrected chi connectivity index (χ2v) is 3.95. The van der Waals surface area contributed by atoms with Crippen molar-refractivity contribution in [3.05, 3.63) is 65.5 Å². The standard InChI is InChI=1S/C14H15NO2/c1-10-2-3-12(8-9-15-10)11-4-6-13(7-5-11)14(16)17/h2-9,14-17H,1H3. The fourth-order valence-electron chi connectivity index (χ4n) is 1.62. The van der Waals surface area contributed by atoms with Crippen LogP contribution in [0.1, 0.15) is 24.3 Å². The summed E-state index contributed by atoms with van der Waals surface area (Å²) in [6, 6.07) is 7.17. The minimum atomic E-state index is -1.41. The molecule has 0 aliphatic carbocycles. The van der Waals surface area contributed by atoms with E-state index in [1.165, 1.54) is 0 Å². The Hall–Kier alpha value is -1.84. The zero-order chi connectivity index (χ0) is 12.3. The average molecular weight is 229 g/mol. The zero-order valence-corrected chi connectivity index (χ0v) is 9.59. The fourth-order valence-corrected chi connectivity index (χ4v) is 1.62. The topological polar surface area (TPSA) is 52.5 Å². The van der Waals surface area contributed by atoms with Gasteiger partial charge < -0.3 is 15.5 Å². The first-order chi connectivity index (χ1) is 8.16. The first-order valence-corrected chi connectivity index (χ1v) is 5.45. The smallest absolute Gasteiger partial charge is 0.178 e. The average Bonchev–Trinajstić information content (AvgIpc) is 2.54. The zero-order valence-electron chi connectivity index (χ0n) is 9.59. The van der Waals surface area contributed by atoms with E-state index < -0.39 is 6.29 Å². The molecular weight excluding hydrogens is 214 g/mol. The Morgan fingerprint density at radius 3 is 2.41 bits per heavy atom. The van der Waals surface area contributed by atoms with Crippen LogP contribution in [0.15, 0.2) is 54.4 Å². The summed E-state index contributed by atoms with van der Waals surface area (Å²) in [6.45, 7) is 2.00. The minimum Gasteiger partial charge on any atom is -0.365 e. The lowest BCUT2D eigenvalue weighted by Gasteiger charge is -2.05. The first kappa shape index (κ1) is 11.6. The van der Waals surface area contributed by atoms with Gasteiger partial charge in [0.15, 0.2) is 6.29 Å². The quantitative estimate of drug-likeness (QED) is 0.680. The van der Waals surface area contributed by atoms with Crippen LogP contribution >= 0.6 is 0 Å². The Balaban J connectivity index is 2.29. The molecule has 0 bridgehead atoms. The number of hydrogen-bond donors (Lipinski definition) is 3. The molecule has 1 aromatic carbocycles. The Labute approximate surface area is 100 Å². The van der Waals surface area contributed by atoms with Crippen molar-refractivity contribution in [3.8, 4) is 0 Å². The van der Waals surface area contributed by atoms with Gasteiger partial charge >= 0.3 is 0 Å². The Morgan fingerprint density at radius 1 is 1.06 bits per heavy atom. The predicted octanol–water partition coefficient (Wildman–Crippen LogP) is 2.07. The maximum Gasteiger partial charge on any atom is 0.178 e. The van der Waals surface area contributed by atoms with E-state index in [4.69, 9.17) is 10.2 Å². The molecule has 1 heterocycles. The first-order valence-electron chi connectivity index (χ1n) is 5.45. The molecule has 0 aromatic heterocycles. The maximum atomic E-state index is 9.01. The molecule has 0 unspecified atom stereocenters. The number of hydrogen-bond acceptors (Lipinski definition) is 3. The molecule has 88 valence electrons. The molecular formula is C14H15NO2. The molecule has 1 aliphatic rings. The van der Waals surface area contributed by atoms with Crippen molar-refractivity contribution in [1.29, 1.82) is 0 Å². The van der Waals surface area contributed by atoms with Crippen molar-refractivity contribution in [2.45, 2.75) is 13.2 Å². The Morgan fingerprint density at radius 2 is 1.76 bits per heavy atom. The van der Waals surface area contributed by atoms with Crippen molar-refractivity contribution in [2.24, 2.45) is 0 Å². The predicted molar refractivity (Wildman–Crippen MR) is 67.6 cm³/mol. The van der Waals surface area contributed by atoms with Crippen molar-refractivity contribution < 1.29 is 10.2 Å². The van der Waals surface area contributed by atoms with Gasteiger partial charge in [0.1, 0.15) is 0 Å². The van der Waals surface area contributed by atoms with Crippen LogP contribution < -0.4 is 5.32 Å². The van der Waals surface area contributed by atoms with Gasteiger partial charge in [0.2, 0.25) is 0 Å². The van der Waals surface area contributed by atoms with Gasteiger partial charge in [0.05, 0.1) is 0 Å². The van der Waals surface area contributed by atoms with Crippen LogP contribution in [0.25, 0.3) is 5.57 Å². The lowest BCUT2D eigenvalue weighted by molar-refractivity contribution is -0.0424. The van der Waals surface area contributed by atoms with Gasteiger partial charge in [0, 0.05) is 17.5 Å². The second-order valence-electron chi connectivity index (χ2n) is 3.95. The molecule has 0 amide bonds. The SMILES string of the molecule is CC1=CC=C(c2ccc(C(O)O)cc2)C=CN1. The Kier molecular flexibility index (Phi) is 3.42. The van der Waals surface area contributed by atoms with E-state index in [1.807, 2.05) is 43.5 Å². The number of benzene rings is 1. The summed E-state index contributed by atoms with van der Waals surface area (Å²) in [5.41, 5.74) is 3.70. The number of allylic oxidation sites excluding steroid dienone is 5. The van der Waals surface area contributed by atoms with Gasteiger partial charge in [-0.2, -0.15) is 0 Å². The summed E-state index contributed by atoms with van der Waals surface area (Å²) < 4.78 is 0. The summed E-state index contributed by atoms with van der Waals surface area (Å²) in [5, 5.41) is 21.1. The molecule has 3 N–H and O–H groups in total. The van der Waals surface area contributed by atoms with Crippen LogP contribution in [0.2, 0.25) is 0 Å². The van der Waals surface area contributed by atoms with E-state index in [9.17, 15) is 0 Å². The van der Waals surface area contributed by atoms with E-state index in [1.54, 1.807) is 12.1 Å². The summed E-state index contributed by atoms with van der Waals surface area (Å²) in [6.07, 6.45) is 6.49. The van der Waals surface area contributed by atoms with Crippen LogP contribution in [-0.4, -0.2) is 10.2 Å². The normalized spacial score (nSPS) is 15.1. The van der Waals surface area contributed by atoms with Gasteiger partial charge in [0.25, 0.3) is 0 Å². The van der Waals surface area contributed by atoms with Crippen LogP contribution in [0.3, 0.4) is 0 Å². The van der Waals surface area contributed by atoms with Gasteiger partial charge in [-0.3, -0.25) is 0 Å². The molecule has 0 atom stereocenters. The third-order valence-corrected chi connectivity index (χ3v) is 2.63. The van der Waals surface area contributed by atoms with Crippen LogP contribution in [0.4, 0.5) is 0 Å². The number of rotatable bonds is 2. The van der Waals surface area contributed by atoms with E-state index >= 15 is 0 Å². The van der Waals surface area contributed by atoms with E-state index in [2.05, 4.69) is 5.32 Å². The van der Waals surface area contributed by atoms with Crippen molar-refractivity contribution in [1.82, 2.24) is 5.32 Å². The highest BCUT2D eigenvalue weighted by atomic mass is 16.5. The number of aliphatic hydroxyl groups is 2. The molecule has 0 radical (unpaired) electrons. The molecule has 2 rings (SSSR count). The van der Waals surface area contributed by atoms with E-state index in [-0.39, 0.29) is 0 Å². The number of nitrogens with one attached hydrogen (secondary N) is 1. The van der Waals surface area contributed by atoms with E-state index in [0.717, 1.165) is 16.8 Å². The van der Waals surface area contributed by atoms with E-state index in [0.29, 0.717) is 5.56 Å². The van der Waals surface area contributed by atoms with Crippen LogP contribution in [0, 0.1) is 0 Å². The third-order valence-electron chi connectivity index (χ3n) is 2.63. The molecule has 3 nitrogen and oxygen atoms in total. The lowest BCUT2D eigenvalue weighted by Crippen LogP contribution is -1.98. The van der Waals surface area contributed by atoms with Gasteiger partial charge in [-0.25, -0.2) is 0 Å². The lowest BCUT2D eigenvalue weighted by atomic mass is 10.0. The largest absolute Gasteiger partial charge is 0.365 e. The highest BCUT2D eigenvalue weighted by Gasteiger charge is 2.03. The van der Waals surface area contributed by atoms with Gasteiger partial charge in [-0.05, 0) is 30.2 Å². The second kappa shape index (κ2) is 4.99. The molecule has 17 heavy (non-hydrogen) atoms. The molecule has 0 saturated heterocycles. The molecule has 0 saturated carbocycles.